The summed E-state index contributed by atoms with van der Waals surface area (Å²) >= 11 is 0. The normalized spacial score (nSPS) is 12.5. The first kappa shape index (κ1) is 16.4. The van der Waals surface area contributed by atoms with Crippen LogP contribution in [-0.2, 0) is 4.79 Å². The molecule has 0 aromatic carbocycles. The van der Waals surface area contributed by atoms with Gasteiger partial charge in [0.2, 0.25) is 5.91 Å². The van der Waals surface area contributed by atoms with E-state index in [1.165, 1.54) is 0 Å². The van der Waals surface area contributed by atoms with Crippen LogP contribution in [0.15, 0.2) is 0 Å². The molecule has 0 bridgehead atoms. The highest BCUT2D eigenvalue weighted by Gasteiger charge is 2.19. The molecule has 1 unspecified atom stereocenters. The maximum Gasteiger partial charge on any atom is 0.239 e. The Morgan fingerprint density at radius 3 is 1.88 bits per heavy atom. The first-order chi connectivity index (χ1) is 8.17. The van der Waals surface area contributed by atoms with E-state index in [4.69, 9.17) is 5.73 Å². The summed E-state index contributed by atoms with van der Waals surface area (Å²) in [5.74, 6) is 0.153. The number of nitrogens with two attached hydrogens (primary N) is 1. The lowest BCUT2D eigenvalue weighted by atomic mass is 10.1. The molecule has 1 amide bonds. The average molecular weight is 242 g/mol. The summed E-state index contributed by atoms with van der Waals surface area (Å²) in [7, 11) is 0. The minimum absolute atomic E-state index is 0.153. The second-order valence-corrected chi connectivity index (χ2v) is 4.78. The maximum absolute atomic E-state index is 12.2. The zero-order chi connectivity index (χ0) is 13.1. The van der Waals surface area contributed by atoms with Crippen molar-refractivity contribution >= 4 is 5.91 Å². The standard InChI is InChI=1S/C14H30N2O/c1-4-7-10-13(15)14(17)16(11-8-5-2)12-9-6-3/h13H,4-12,15H2,1-3H3. The lowest BCUT2D eigenvalue weighted by Crippen LogP contribution is -2.44. The molecule has 3 heteroatoms. The number of rotatable bonds is 10. The van der Waals surface area contributed by atoms with Crippen molar-refractivity contribution in [2.24, 2.45) is 5.73 Å². The van der Waals surface area contributed by atoms with Gasteiger partial charge in [-0.1, -0.05) is 46.5 Å². The van der Waals surface area contributed by atoms with Crippen molar-refractivity contribution < 1.29 is 4.79 Å². The van der Waals surface area contributed by atoms with Gasteiger partial charge in [0.25, 0.3) is 0 Å². The number of carbonyl (C=O) groups excluding carboxylic acids is 1. The average Bonchev–Trinajstić information content (AvgIpc) is 2.35. The molecule has 0 fully saturated rings. The second kappa shape index (κ2) is 10.6. The molecule has 0 saturated carbocycles. The number of carbonyl (C=O) groups is 1. The van der Waals surface area contributed by atoms with Crippen LogP contribution >= 0.6 is 0 Å². The van der Waals surface area contributed by atoms with Crippen LogP contribution in [0.4, 0.5) is 0 Å². The van der Waals surface area contributed by atoms with E-state index >= 15 is 0 Å². The summed E-state index contributed by atoms with van der Waals surface area (Å²) in [6.45, 7) is 8.17. The summed E-state index contributed by atoms with van der Waals surface area (Å²) in [5.41, 5.74) is 5.96. The van der Waals surface area contributed by atoms with Crippen molar-refractivity contribution in [2.75, 3.05) is 13.1 Å². The predicted octanol–water partition coefficient (Wildman–Crippen LogP) is 2.93. The molecule has 3 nitrogen and oxygen atoms in total. The summed E-state index contributed by atoms with van der Waals surface area (Å²) in [4.78, 5) is 14.1. The molecule has 1 atom stereocenters. The molecule has 0 aromatic heterocycles. The van der Waals surface area contributed by atoms with Gasteiger partial charge in [-0.3, -0.25) is 4.79 Å². The van der Waals surface area contributed by atoms with Gasteiger partial charge in [-0.25, -0.2) is 0 Å². The molecule has 0 rings (SSSR count). The quantitative estimate of drug-likeness (QED) is 0.640. The van der Waals surface area contributed by atoms with Crippen LogP contribution in [0.3, 0.4) is 0 Å². The number of nitrogens with zero attached hydrogens (tertiary/aromatic N) is 1. The van der Waals surface area contributed by atoms with Crippen molar-refractivity contribution in [3.05, 3.63) is 0 Å². The van der Waals surface area contributed by atoms with Gasteiger partial charge in [0.15, 0.2) is 0 Å². The van der Waals surface area contributed by atoms with E-state index in [2.05, 4.69) is 20.8 Å². The minimum atomic E-state index is -0.288. The lowest BCUT2D eigenvalue weighted by molar-refractivity contribution is -0.133. The zero-order valence-corrected chi connectivity index (χ0v) is 11.9. The van der Waals surface area contributed by atoms with E-state index in [1.54, 1.807) is 0 Å². The van der Waals surface area contributed by atoms with Gasteiger partial charge in [0.1, 0.15) is 0 Å². The maximum atomic E-state index is 12.2. The molecule has 0 aliphatic rings. The number of hydrogen-bond donors (Lipinski definition) is 1. The van der Waals surface area contributed by atoms with Crippen LogP contribution in [-0.4, -0.2) is 29.9 Å². The van der Waals surface area contributed by atoms with E-state index in [0.29, 0.717) is 0 Å². The first-order valence-electron chi connectivity index (χ1n) is 7.21. The Labute approximate surface area is 107 Å². The SMILES string of the molecule is CCCCC(N)C(=O)N(CCCC)CCCC. The van der Waals surface area contributed by atoms with E-state index in [1.807, 2.05) is 4.90 Å². The smallest absolute Gasteiger partial charge is 0.239 e. The van der Waals surface area contributed by atoms with Crippen molar-refractivity contribution in [1.82, 2.24) is 4.90 Å². The van der Waals surface area contributed by atoms with Crippen LogP contribution < -0.4 is 5.73 Å². The Hall–Kier alpha value is -0.570. The second-order valence-electron chi connectivity index (χ2n) is 4.78. The molecule has 0 spiro atoms. The van der Waals surface area contributed by atoms with Gasteiger partial charge < -0.3 is 10.6 Å². The largest absolute Gasteiger partial charge is 0.341 e. The Balaban J connectivity index is 4.18. The highest BCUT2D eigenvalue weighted by atomic mass is 16.2. The Morgan fingerprint density at radius 2 is 1.47 bits per heavy atom. The van der Waals surface area contributed by atoms with Gasteiger partial charge in [-0.15, -0.1) is 0 Å². The Morgan fingerprint density at radius 1 is 1.00 bits per heavy atom. The number of hydrogen-bond acceptors (Lipinski definition) is 2. The molecule has 102 valence electrons. The predicted molar refractivity (Wildman–Crippen MR) is 73.9 cm³/mol. The number of unbranched alkanes of at least 4 members (excludes halogenated alkanes) is 3. The van der Waals surface area contributed by atoms with Crippen molar-refractivity contribution in [1.29, 1.82) is 0 Å². The molecule has 0 aliphatic carbocycles. The van der Waals surface area contributed by atoms with Crippen molar-refractivity contribution in [2.45, 2.75) is 71.8 Å². The van der Waals surface area contributed by atoms with E-state index in [0.717, 1.165) is 58.0 Å². The lowest BCUT2D eigenvalue weighted by Gasteiger charge is -2.25. The summed E-state index contributed by atoms with van der Waals surface area (Å²) in [5, 5.41) is 0. The fourth-order valence-electron chi connectivity index (χ4n) is 1.81. The van der Waals surface area contributed by atoms with Gasteiger partial charge in [0, 0.05) is 13.1 Å². The minimum Gasteiger partial charge on any atom is -0.341 e. The number of amides is 1. The molecule has 0 aromatic rings. The van der Waals surface area contributed by atoms with Crippen LogP contribution in [0.2, 0.25) is 0 Å². The van der Waals surface area contributed by atoms with Gasteiger partial charge in [0.05, 0.1) is 6.04 Å². The van der Waals surface area contributed by atoms with Crippen LogP contribution in [0.5, 0.6) is 0 Å². The fraction of sp³-hybridized carbons (Fsp3) is 0.929. The Kier molecular flexibility index (Phi) is 10.2. The summed E-state index contributed by atoms with van der Waals surface area (Å²) < 4.78 is 0. The molecule has 17 heavy (non-hydrogen) atoms. The van der Waals surface area contributed by atoms with Crippen LogP contribution in [0, 0.1) is 0 Å². The molecular formula is C14H30N2O. The molecule has 0 radical (unpaired) electrons. The highest BCUT2D eigenvalue weighted by molar-refractivity contribution is 5.81. The van der Waals surface area contributed by atoms with Gasteiger partial charge in [-0.2, -0.15) is 0 Å². The van der Waals surface area contributed by atoms with Crippen molar-refractivity contribution in [3.63, 3.8) is 0 Å². The monoisotopic (exact) mass is 242 g/mol. The Bertz CT molecular complexity index is 187. The third kappa shape index (κ3) is 7.37. The summed E-state index contributed by atoms with van der Waals surface area (Å²) in [6, 6.07) is -0.288. The topological polar surface area (TPSA) is 46.3 Å². The highest BCUT2D eigenvalue weighted by Crippen LogP contribution is 2.06. The van der Waals surface area contributed by atoms with E-state index in [9.17, 15) is 4.79 Å². The molecule has 0 aliphatic heterocycles. The zero-order valence-electron chi connectivity index (χ0n) is 11.9. The molecule has 0 saturated heterocycles. The summed E-state index contributed by atoms with van der Waals surface area (Å²) in [6.07, 6.45) is 7.38. The van der Waals surface area contributed by atoms with Gasteiger partial charge >= 0.3 is 0 Å². The molecular weight excluding hydrogens is 212 g/mol. The van der Waals surface area contributed by atoms with Crippen LogP contribution in [0.1, 0.15) is 65.7 Å². The third-order valence-corrected chi connectivity index (χ3v) is 3.06. The fourth-order valence-corrected chi connectivity index (χ4v) is 1.81. The third-order valence-electron chi connectivity index (χ3n) is 3.06. The molecule has 0 heterocycles. The van der Waals surface area contributed by atoms with Crippen LogP contribution in [0.25, 0.3) is 0 Å². The van der Waals surface area contributed by atoms with Crippen molar-refractivity contribution in [3.8, 4) is 0 Å². The first-order valence-corrected chi connectivity index (χ1v) is 7.21. The van der Waals surface area contributed by atoms with E-state index in [-0.39, 0.29) is 11.9 Å². The van der Waals surface area contributed by atoms with E-state index < -0.39 is 0 Å². The molecule has 2 N–H and O–H groups in total. The van der Waals surface area contributed by atoms with Gasteiger partial charge in [-0.05, 0) is 19.3 Å².